The van der Waals surface area contributed by atoms with E-state index in [1.807, 2.05) is 0 Å². The Labute approximate surface area is 100 Å². The number of aliphatic hydroxyl groups is 1. The number of piperidine rings is 1. The summed E-state index contributed by atoms with van der Waals surface area (Å²) in [5, 5.41) is 18.3. The zero-order valence-corrected chi connectivity index (χ0v) is 9.84. The Hall–Kier alpha value is -1.10. The molecule has 96 valence electrons. The normalized spacial score (nSPS) is 30.5. The molecule has 1 amide bonds. The van der Waals surface area contributed by atoms with E-state index in [0.29, 0.717) is 45.2 Å². The topological polar surface area (TPSA) is 77.8 Å². The Morgan fingerprint density at radius 1 is 1.00 bits per heavy atom. The Morgan fingerprint density at radius 2 is 1.59 bits per heavy atom. The molecule has 0 bridgehead atoms. The summed E-state index contributed by atoms with van der Waals surface area (Å²) in [6.07, 6.45) is 2.78. The average molecular weight is 241 g/mol. The van der Waals surface area contributed by atoms with Crippen molar-refractivity contribution >= 4 is 11.9 Å². The summed E-state index contributed by atoms with van der Waals surface area (Å²) in [4.78, 5) is 24.7. The predicted molar refractivity (Wildman–Crippen MR) is 60.3 cm³/mol. The molecule has 17 heavy (non-hydrogen) atoms. The first kappa shape index (κ1) is 12.4. The lowest BCUT2D eigenvalue weighted by Gasteiger charge is -2.31. The standard InChI is InChI=1S/C12H19NO4/c14-10-3-5-13(6-4-10)11(15)8-1-2-9(7-8)12(16)17/h8-10,14H,1-7H2,(H,16,17). The highest BCUT2D eigenvalue weighted by atomic mass is 16.4. The number of aliphatic carboxylic acids is 1. The molecule has 2 unspecified atom stereocenters. The number of likely N-dealkylation sites (tertiary alicyclic amines) is 1. The minimum Gasteiger partial charge on any atom is -0.481 e. The molecule has 2 fully saturated rings. The third-order valence-electron chi connectivity index (χ3n) is 3.91. The van der Waals surface area contributed by atoms with Gasteiger partial charge in [-0.1, -0.05) is 0 Å². The molecule has 1 heterocycles. The zero-order chi connectivity index (χ0) is 12.4. The molecular formula is C12H19NO4. The van der Waals surface area contributed by atoms with Crippen molar-refractivity contribution in [3.8, 4) is 0 Å². The van der Waals surface area contributed by atoms with Gasteiger partial charge < -0.3 is 15.1 Å². The second-order valence-corrected chi connectivity index (χ2v) is 5.10. The van der Waals surface area contributed by atoms with Crippen LogP contribution in [0.4, 0.5) is 0 Å². The van der Waals surface area contributed by atoms with Crippen molar-refractivity contribution in [2.45, 2.75) is 38.2 Å². The molecule has 0 radical (unpaired) electrons. The number of aliphatic hydroxyl groups excluding tert-OH is 1. The predicted octanol–water partition coefficient (Wildman–Crippen LogP) is 0.471. The van der Waals surface area contributed by atoms with Crippen LogP contribution in [0.5, 0.6) is 0 Å². The lowest BCUT2D eigenvalue weighted by Crippen LogP contribution is -2.42. The molecule has 1 aliphatic carbocycles. The average Bonchev–Trinajstić information content (AvgIpc) is 2.78. The molecule has 0 aromatic carbocycles. The van der Waals surface area contributed by atoms with Gasteiger partial charge in [-0.3, -0.25) is 9.59 Å². The molecule has 0 aromatic rings. The first-order valence-electron chi connectivity index (χ1n) is 6.27. The minimum absolute atomic E-state index is 0.0839. The summed E-state index contributed by atoms with van der Waals surface area (Å²) in [5.41, 5.74) is 0. The van der Waals surface area contributed by atoms with Crippen LogP contribution in [-0.2, 0) is 9.59 Å². The second kappa shape index (κ2) is 5.04. The zero-order valence-electron chi connectivity index (χ0n) is 9.84. The molecular weight excluding hydrogens is 222 g/mol. The fourth-order valence-electron chi connectivity index (χ4n) is 2.77. The van der Waals surface area contributed by atoms with Gasteiger partial charge in [-0.15, -0.1) is 0 Å². The quantitative estimate of drug-likeness (QED) is 0.736. The van der Waals surface area contributed by atoms with Crippen LogP contribution in [-0.4, -0.2) is 46.2 Å². The number of carbonyl (C=O) groups is 2. The van der Waals surface area contributed by atoms with Crippen LogP contribution >= 0.6 is 0 Å². The maximum atomic E-state index is 12.1. The molecule has 5 nitrogen and oxygen atoms in total. The number of rotatable bonds is 2. The molecule has 0 spiro atoms. The van der Waals surface area contributed by atoms with E-state index in [1.165, 1.54) is 0 Å². The van der Waals surface area contributed by atoms with E-state index in [9.17, 15) is 14.7 Å². The van der Waals surface area contributed by atoms with Gasteiger partial charge in [-0.25, -0.2) is 0 Å². The number of amides is 1. The smallest absolute Gasteiger partial charge is 0.306 e. The van der Waals surface area contributed by atoms with Crippen LogP contribution in [0, 0.1) is 11.8 Å². The molecule has 2 rings (SSSR count). The first-order chi connectivity index (χ1) is 8.08. The van der Waals surface area contributed by atoms with Crippen molar-refractivity contribution in [1.82, 2.24) is 4.90 Å². The van der Waals surface area contributed by atoms with Crippen LogP contribution in [0.2, 0.25) is 0 Å². The van der Waals surface area contributed by atoms with E-state index >= 15 is 0 Å². The second-order valence-electron chi connectivity index (χ2n) is 5.10. The van der Waals surface area contributed by atoms with Gasteiger partial charge in [0.15, 0.2) is 0 Å². The third-order valence-corrected chi connectivity index (χ3v) is 3.91. The van der Waals surface area contributed by atoms with Crippen LogP contribution in [0.25, 0.3) is 0 Å². The lowest BCUT2D eigenvalue weighted by atomic mass is 10.0. The highest BCUT2D eigenvalue weighted by Crippen LogP contribution is 2.32. The molecule has 1 aliphatic heterocycles. The van der Waals surface area contributed by atoms with Gasteiger partial charge in [0.1, 0.15) is 0 Å². The van der Waals surface area contributed by atoms with Crippen molar-refractivity contribution in [3.05, 3.63) is 0 Å². The van der Waals surface area contributed by atoms with E-state index in [0.717, 1.165) is 0 Å². The van der Waals surface area contributed by atoms with Crippen molar-refractivity contribution in [2.75, 3.05) is 13.1 Å². The number of carbonyl (C=O) groups excluding carboxylic acids is 1. The number of hydrogen-bond acceptors (Lipinski definition) is 3. The van der Waals surface area contributed by atoms with Gasteiger partial charge in [0.2, 0.25) is 5.91 Å². The molecule has 1 saturated carbocycles. The van der Waals surface area contributed by atoms with Crippen LogP contribution < -0.4 is 0 Å². The monoisotopic (exact) mass is 241 g/mol. The van der Waals surface area contributed by atoms with Gasteiger partial charge in [-0.2, -0.15) is 0 Å². The van der Waals surface area contributed by atoms with Crippen LogP contribution in [0.15, 0.2) is 0 Å². The van der Waals surface area contributed by atoms with Crippen molar-refractivity contribution < 1.29 is 19.8 Å². The van der Waals surface area contributed by atoms with E-state index in [4.69, 9.17) is 5.11 Å². The van der Waals surface area contributed by atoms with Crippen LogP contribution in [0.3, 0.4) is 0 Å². The Morgan fingerprint density at radius 3 is 2.12 bits per heavy atom. The Balaban J connectivity index is 1.86. The summed E-state index contributed by atoms with van der Waals surface area (Å²) < 4.78 is 0. The highest BCUT2D eigenvalue weighted by Gasteiger charge is 2.36. The maximum Gasteiger partial charge on any atom is 0.306 e. The van der Waals surface area contributed by atoms with E-state index in [1.54, 1.807) is 4.90 Å². The van der Waals surface area contributed by atoms with Crippen molar-refractivity contribution in [3.63, 3.8) is 0 Å². The fraction of sp³-hybridized carbons (Fsp3) is 0.833. The van der Waals surface area contributed by atoms with E-state index < -0.39 is 5.97 Å². The molecule has 2 N–H and O–H groups in total. The lowest BCUT2D eigenvalue weighted by molar-refractivity contribution is -0.142. The fourth-order valence-corrected chi connectivity index (χ4v) is 2.77. The Bertz CT molecular complexity index is 310. The molecule has 2 aliphatic rings. The number of carboxylic acids is 1. The molecule has 0 aromatic heterocycles. The number of hydrogen-bond donors (Lipinski definition) is 2. The third kappa shape index (κ3) is 2.77. The van der Waals surface area contributed by atoms with Crippen molar-refractivity contribution in [2.24, 2.45) is 11.8 Å². The summed E-state index contributed by atoms with van der Waals surface area (Å²) in [7, 11) is 0. The molecule has 1 saturated heterocycles. The van der Waals surface area contributed by atoms with Gasteiger partial charge in [-0.05, 0) is 32.1 Å². The molecule has 2 atom stereocenters. The maximum absolute atomic E-state index is 12.1. The summed E-state index contributed by atoms with van der Waals surface area (Å²) in [6, 6.07) is 0. The minimum atomic E-state index is -0.783. The van der Waals surface area contributed by atoms with E-state index in [2.05, 4.69) is 0 Å². The van der Waals surface area contributed by atoms with Gasteiger partial charge in [0, 0.05) is 19.0 Å². The van der Waals surface area contributed by atoms with Crippen molar-refractivity contribution in [1.29, 1.82) is 0 Å². The highest BCUT2D eigenvalue weighted by molar-refractivity contribution is 5.81. The van der Waals surface area contributed by atoms with E-state index in [-0.39, 0.29) is 23.8 Å². The first-order valence-corrected chi connectivity index (χ1v) is 6.27. The number of carboxylic acid groups (broad SMARTS) is 1. The Kier molecular flexibility index (Phi) is 3.66. The molecule has 5 heteroatoms. The summed E-state index contributed by atoms with van der Waals surface area (Å²) >= 11 is 0. The number of nitrogens with zero attached hydrogens (tertiary/aromatic N) is 1. The summed E-state index contributed by atoms with van der Waals surface area (Å²) in [6.45, 7) is 1.21. The SMILES string of the molecule is O=C(O)C1CCC(C(=O)N2CCC(O)CC2)C1. The summed E-state index contributed by atoms with van der Waals surface area (Å²) in [5.74, 6) is -1.17. The van der Waals surface area contributed by atoms with Crippen LogP contribution in [0.1, 0.15) is 32.1 Å². The largest absolute Gasteiger partial charge is 0.481 e. The van der Waals surface area contributed by atoms with Gasteiger partial charge in [0.25, 0.3) is 0 Å². The van der Waals surface area contributed by atoms with Gasteiger partial charge >= 0.3 is 5.97 Å². The van der Waals surface area contributed by atoms with Gasteiger partial charge in [0.05, 0.1) is 12.0 Å².